The Balaban J connectivity index is 2.79. The third kappa shape index (κ3) is 6.37. The number of hydrogen-bond acceptors (Lipinski definition) is 6. The first-order valence-corrected chi connectivity index (χ1v) is 7.80. The molecule has 6 nitrogen and oxygen atoms in total. The Morgan fingerprint density at radius 3 is 2.24 bits per heavy atom. The molecule has 0 aromatic rings. The minimum Gasteiger partial charge on any atom is -0.444 e. The first kappa shape index (κ1) is 17.8. The summed E-state index contributed by atoms with van der Waals surface area (Å²) in [4.78, 5) is 36.0. The minimum absolute atomic E-state index is 0.00169. The highest BCUT2D eigenvalue weighted by molar-refractivity contribution is 8.14. The summed E-state index contributed by atoms with van der Waals surface area (Å²) < 4.78 is 10.5. The van der Waals surface area contributed by atoms with Crippen LogP contribution in [0, 0.1) is 0 Å². The van der Waals surface area contributed by atoms with Gasteiger partial charge in [-0.15, -0.1) is 0 Å². The number of thioether (sulfide) groups is 1. The van der Waals surface area contributed by atoms with Crippen molar-refractivity contribution in [3.63, 3.8) is 0 Å². The van der Waals surface area contributed by atoms with Crippen LogP contribution in [0.3, 0.4) is 0 Å². The number of rotatable bonds is 2. The third-order valence-corrected chi connectivity index (χ3v) is 3.80. The fourth-order valence-corrected chi connectivity index (χ4v) is 3.03. The van der Waals surface area contributed by atoms with E-state index in [2.05, 4.69) is 0 Å². The normalized spacial score (nSPS) is 22.6. The Labute approximate surface area is 129 Å². The topological polar surface area (TPSA) is 72.9 Å². The van der Waals surface area contributed by atoms with E-state index >= 15 is 0 Å². The summed E-state index contributed by atoms with van der Waals surface area (Å²) in [5, 5.41) is 0.0110. The lowest BCUT2D eigenvalue weighted by Crippen LogP contribution is -2.51. The maximum atomic E-state index is 12.3. The number of carbonyl (C=O) groups excluding carboxylic acids is 3. The highest BCUT2D eigenvalue weighted by Crippen LogP contribution is 2.28. The summed E-state index contributed by atoms with van der Waals surface area (Å²) in [6, 6.07) is 0. The summed E-state index contributed by atoms with van der Waals surface area (Å²) in [5.41, 5.74) is -0.626. The fraction of sp³-hybridized carbons (Fsp3) is 0.786. The molecule has 2 unspecified atom stereocenters. The molecular formula is C14H23NO5S. The number of nitrogens with zero attached hydrogens (tertiary/aromatic N) is 1. The Hall–Kier alpha value is -1.24. The molecule has 1 aliphatic heterocycles. The summed E-state index contributed by atoms with van der Waals surface area (Å²) in [5.74, 6) is -0.439. The lowest BCUT2D eigenvalue weighted by Gasteiger charge is -2.38. The van der Waals surface area contributed by atoms with Crippen LogP contribution >= 0.6 is 11.8 Å². The Bertz CT molecular complexity index is 418. The number of hydrogen-bond donors (Lipinski definition) is 0. The first-order valence-electron chi connectivity index (χ1n) is 6.92. The fourth-order valence-electron chi connectivity index (χ4n) is 2.07. The second-order valence-electron chi connectivity index (χ2n) is 6.01. The number of esters is 1. The van der Waals surface area contributed by atoms with E-state index in [1.165, 1.54) is 30.5 Å². The Morgan fingerprint density at radius 2 is 1.76 bits per heavy atom. The molecule has 7 heteroatoms. The van der Waals surface area contributed by atoms with Crippen molar-refractivity contribution < 1.29 is 23.9 Å². The lowest BCUT2D eigenvalue weighted by molar-refractivity contribution is -0.158. The van der Waals surface area contributed by atoms with E-state index < -0.39 is 23.9 Å². The number of ether oxygens (including phenoxy) is 2. The van der Waals surface area contributed by atoms with Crippen LogP contribution in [0.1, 0.15) is 47.5 Å². The van der Waals surface area contributed by atoms with Gasteiger partial charge >= 0.3 is 12.1 Å². The van der Waals surface area contributed by atoms with Crippen molar-refractivity contribution in [2.24, 2.45) is 0 Å². The highest BCUT2D eigenvalue weighted by Gasteiger charge is 2.36. The van der Waals surface area contributed by atoms with Crippen molar-refractivity contribution in [1.82, 2.24) is 4.90 Å². The molecule has 1 amide bonds. The number of amides is 1. The second-order valence-corrected chi connectivity index (χ2v) is 7.48. The van der Waals surface area contributed by atoms with Gasteiger partial charge in [-0.3, -0.25) is 14.5 Å². The highest BCUT2D eigenvalue weighted by atomic mass is 32.2. The van der Waals surface area contributed by atoms with E-state index in [1.54, 1.807) is 20.8 Å². The molecule has 2 atom stereocenters. The van der Waals surface area contributed by atoms with Gasteiger partial charge in [0.15, 0.2) is 11.3 Å². The zero-order chi connectivity index (χ0) is 16.2. The van der Waals surface area contributed by atoms with Crippen LogP contribution in [-0.2, 0) is 19.1 Å². The minimum atomic E-state index is -0.626. The van der Waals surface area contributed by atoms with E-state index in [9.17, 15) is 14.4 Å². The van der Waals surface area contributed by atoms with Crippen LogP contribution in [0.15, 0.2) is 0 Å². The van der Waals surface area contributed by atoms with Gasteiger partial charge in [-0.2, -0.15) is 0 Å². The molecule has 1 heterocycles. The van der Waals surface area contributed by atoms with Crippen molar-refractivity contribution in [3.05, 3.63) is 0 Å². The van der Waals surface area contributed by atoms with Gasteiger partial charge in [0.1, 0.15) is 5.60 Å². The number of piperidine rings is 1. The lowest BCUT2D eigenvalue weighted by atomic mass is 10.1. The van der Waals surface area contributed by atoms with E-state index in [1.807, 2.05) is 0 Å². The molecule has 0 spiro atoms. The molecule has 0 radical (unpaired) electrons. The van der Waals surface area contributed by atoms with Gasteiger partial charge in [0.05, 0.1) is 0 Å². The molecule has 0 saturated carbocycles. The zero-order valence-corrected chi connectivity index (χ0v) is 14.0. The first-order chi connectivity index (χ1) is 9.58. The molecule has 21 heavy (non-hydrogen) atoms. The monoisotopic (exact) mass is 317 g/mol. The number of likely N-dealkylation sites (tertiary alicyclic amines) is 1. The summed E-state index contributed by atoms with van der Waals surface area (Å²) in [6.45, 7) is 8.47. The largest absolute Gasteiger partial charge is 0.444 e. The van der Waals surface area contributed by atoms with E-state index in [4.69, 9.17) is 9.47 Å². The van der Waals surface area contributed by atoms with Crippen LogP contribution in [0.25, 0.3) is 0 Å². The number of carbonyl (C=O) groups is 3. The van der Waals surface area contributed by atoms with Gasteiger partial charge < -0.3 is 9.47 Å². The molecule has 0 aromatic carbocycles. The van der Waals surface area contributed by atoms with Crippen LogP contribution in [0.5, 0.6) is 0 Å². The standard InChI is InChI=1S/C14H23NO5S/c1-9(16)19-12-7-6-11(21-10(2)17)8-15(12)13(18)20-14(3,4)5/h11-12H,6-8H2,1-5H3. The predicted molar refractivity (Wildman–Crippen MR) is 79.8 cm³/mol. The van der Waals surface area contributed by atoms with Gasteiger partial charge in [0, 0.05) is 32.1 Å². The quantitative estimate of drug-likeness (QED) is 0.729. The second kappa shape index (κ2) is 7.15. The van der Waals surface area contributed by atoms with Crippen molar-refractivity contribution >= 4 is 28.9 Å². The van der Waals surface area contributed by atoms with Gasteiger partial charge in [-0.25, -0.2) is 4.79 Å². The summed E-state index contributed by atoms with van der Waals surface area (Å²) in [7, 11) is 0. The van der Waals surface area contributed by atoms with Crippen LogP contribution in [0.4, 0.5) is 4.79 Å². The SMILES string of the molecule is CC(=O)OC1CCC(SC(C)=O)CN1C(=O)OC(C)(C)C. The van der Waals surface area contributed by atoms with E-state index in [0.29, 0.717) is 19.4 Å². The van der Waals surface area contributed by atoms with Crippen molar-refractivity contribution in [2.75, 3.05) is 6.54 Å². The third-order valence-electron chi connectivity index (χ3n) is 2.75. The van der Waals surface area contributed by atoms with Crippen LogP contribution in [0.2, 0.25) is 0 Å². The van der Waals surface area contributed by atoms with Gasteiger partial charge in [0.25, 0.3) is 0 Å². The zero-order valence-electron chi connectivity index (χ0n) is 13.2. The maximum Gasteiger partial charge on any atom is 0.413 e. The van der Waals surface area contributed by atoms with Crippen molar-refractivity contribution in [1.29, 1.82) is 0 Å². The average Bonchev–Trinajstić information content (AvgIpc) is 2.27. The predicted octanol–water partition coefficient (Wildman–Crippen LogP) is 2.55. The average molecular weight is 317 g/mol. The molecule has 0 bridgehead atoms. The molecule has 1 rings (SSSR count). The summed E-state index contributed by atoms with van der Waals surface area (Å²) in [6.07, 6.45) is 0.0643. The molecule has 1 saturated heterocycles. The van der Waals surface area contributed by atoms with Crippen LogP contribution in [-0.4, -0.2) is 45.7 Å². The van der Waals surface area contributed by atoms with E-state index in [0.717, 1.165) is 0 Å². The molecule has 120 valence electrons. The molecular weight excluding hydrogens is 294 g/mol. The molecule has 1 aliphatic rings. The molecule has 0 aliphatic carbocycles. The van der Waals surface area contributed by atoms with Gasteiger partial charge in [0.2, 0.25) is 0 Å². The van der Waals surface area contributed by atoms with Gasteiger partial charge in [-0.05, 0) is 27.2 Å². The van der Waals surface area contributed by atoms with Crippen molar-refractivity contribution in [2.45, 2.75) is 64.5 Å². The van der Waals surface area contributed by atoms with E-state index in [-0.39, 0.29) is 10.4 Å². The maximum absolute atomic E-state index is 12.3. The molecule has 0 aromatic heterocycles. The Kier molecular flexibility index (Phi) is 6.07. The van der Waals surface area contributed by atoms with Crippen LogP contribution < -0.4 is 0 Å². The Morgan fingerprint density at radius 1 is 1.14 bits per heavy atom. The molecule has 0 N–H and O–H groups in total. The van der Waals surface area contributed by atoms with Gasteiger partial charge in [-0.1, -0.05) is 11.8 Å². The van der Waals surface area contributed by atoms with Crippen molar-refractivity contribution in [3.8, 4) is 0 Å². The smallest absolute Gasteiger partial charge is 0.413 e. The summed E-state index contributed by atoms with van der Waals surface area (Å²) >= 11 is 1.21. The molecule has 1 fully saturated rings.